The van der Waals surface area contributed by atoms with Gasteiger partial charge in [0.2, 0.25) is 0 Å². The lowest BCUT2D eigenvalue weighted by Gasteiger charge is -2.17. The van der Waals surface area contributed by atoms with Gasteiger partial charge < -0.3 is 10.5 Å². The summed E-state index contributed by atoms with van der Waals surface area (Å²) in [5.41, 5.74) is 4.50. The molecular formula is C18H21NOS. The van der Waals surface area contributed by atoms with Crippen LogP contribution < -0.4 is 10.5 Å². The van der Waals surface area contributed by atoms with Gasteiger partial charge in [-0.05, 0) is 36.4 Å². The van der Waals surface area contributed by atoms with Crippen LogP contribution in [0.25, 0.3) is 10.8 Å². The number of hydrogen-bond donors (Lipinski definition) is 1. The van der Waals surface area contributed by atoms with Crippen molar-refractivity contribution in [3.8, 4) is 5.75 Å². The molecule has 2 aromatic carbocycles. The molecule has 0 radical (unpaired) electrons. The predicted molar refractivity (Wildman–Crippen MR) is 92.0 cm³/mol. The second-order valence-electron chi connectivity index (χ2n) is 4.51. The Morgan fingerprint density at radius 2 is 1.76 bits per heavy atom. The first-order valence-electron chi connectivity index (χ1n) is 7.14. The molecule has 2 nitrogen and oxygen atoms in total. The van der Waals surface area contributed by atoms with Crippen molar-refractivity contribution in [3.05, 3.63) is 64.9 Å². The van der Waals surface area contributed by atoms with Gasteiger partial charge in [-0.25, -0.2) is 0 Å². The van der Waals surface area contributed by atoms with E-state index in [1.807, 2.05) is 0 Å². The van der Waals surface area contributed by atoms with Crippen molar-refractivity contribution >= 4 is 22.1 Å². The fraction of sp³-hybridized carbons (Fsp3) is 0.222. The average Bonchev–Trinajstić information content (AvgIpc) is 3.09. The number of nitrogens with two attached hydrogens (primary N) is 1. The molecule has 0 amide bonds. The summed E-state index contributed by atoms with van der Waals surface area (Å²) >= 11 is 1.76. The topological polar surface area (TPSA) is 35.2 Å². The van der Waals surface area contributed by atoms with Crippen molar-refractivity contribution in [2.24, 2.45) is 5.73 Å². The fourth-order valence-electron chi connectivity index (χ4n) is 2.27. The maximum atomic E-state index is 6.23. The molecule has 0 saturated carbocycles. The Kier molecular flexibility index (Phi) is 5.78. The summed E-state index contributed by atoms with van der Waals surface area (Å²) in [5.74, 6) is 0.971. The number of benzene rings is 2. The van der Waals surface area contributed by atoms with Gasteiger partial charge in [0.1, 0.15) is 11.9 Å². The van der Waals surface area contributed by atoms with Gasteiger partial charge in [-0.15, -0.1) is 11.3 Å². The lowest BCUT2D eigenvalue weighted by atomic mass is 10.1. The largest absolute Gasteiger partial charge is 0.484 e. The molecule has 0 fully saturated rings. The smallest absolute Gasteiger partial charge is 0.133 e. The number of hydrogen-bond acceptors (Lipinski definition) is 3. The van der Waals surface area contributed by atoms with E-state index in [2.05, 4.69) is 72.6 Å². The van der Waals surface area contributed by atoms with Crippen LogP contribution in [0, 0.1) is 0 Å². The van der Waals surface area contributed by atoms with E-state index in [0.29, 0.717) is 0 Å². The third kappa shape index (κ3) is 3.63. The lowest BCUT2D eigenvalue weighted by molar-refractivity contribution is 0.208. The average molecular weight is 299 g/mol. The highest BCUT2D eigenvalue weighted by Crippen LogP contribution is 2.32. The first kappa shape index (κ1) is 15.5. The molecule has 3 aromatic rings. The molecular weight excluding hydrogens is 278 g/mol. The van der Waals surface area contributed by atoms with Crippen LogP contribution in [-0.4, -0.2) is 7.05 Å². The Balaban J connectivity index is 0.000000774. The van der Waals surface area contributed by atoms with Crippen LogP contribution >= 0.6 is 11.3 Å². The van der Waals surface area contributed by atoms with E-state index in [9.17, 15) is 0 Å². The molecule has 0 aliphatic rings. The highest BCUT2D eigenvalue weighted by molar-refractivity contribution is 7.10. The third-order valence-corrected chi connectivity index (χ3v) is 4.21. The van der Waals surface area contributed by atoms with Gasteiger partial charge in [0.15, 0.2) is 0 Å². The van der Waals surface area contributed by atoms with E-state index in [0.717, 1.165) is 12.2 Å². The van der Waals surface area contributed by atoms with Crippen molar-refractivity contribution < 1.29 is 4.74 Å². The monoisotopic (exact) mass is 299 g/mol. The summed E-state index contributed by atoms with van der Waals surface area (Å²) in [4.78, 5) is 1.29. The first-order chi connectivity index (χ1) is 10.4. The number of ether oxygens (including phenoxy) is 1. The third-order valence-electron chi connectivity index (χ3n) is 3.25. The molecule has 1 atom stereocenters. The molecule has 3 rings (SSSR count). The van der Waals surface area contributed by atoms with Gasteiger partial charge in [0, 0.05) is 10.3 Å². The minimum Gasteiger partial charge on any atom is -0.484 e. The molecule has 0 bridgehead atoms. The van der Waals surface area contributed by atoms with E-state index in [-0.39, 0.29) is 6.10 Å². The van der Waals surface area contributed by atoms with Crippen LogP contribution in [0.15, 0.2) is 60.0 Å². The number of rotatable bonds is 4. The van der Waals surface area contributed by atoms with Gasteiger partial charge in [-0.1, -0.05) is 49.4 Å². The molecule has 0 aliphatic heterocycles. The quantitative estimate of drug-likeness (QED) is 0.735. The Bertz CT molecular complexity index is 659. The minimum atomic E-state index is 0.144. The molecule has 1 aromatic heterocycles. The summed E-state index contributed by atoms with van der Waals surface area (Å²) in [7, 11) is 1.50. The van der Waals surface area contributed by atoms with Crippen molar-refractivity contribution in [1.29, 1.82) is 0 Å². The van der Waals surface area contributed by atoms with Crippen molar-refractivity contribution in [2.75, 3.05) is 7.05 Å². The lowest BCUT2D eigenvalue weighted by Crippen LogP contribution is -2.04. The highest BCUT2D eigenvalue weighted by Gasteiger charge is 2.13. The zero-order chi connectivity index (χ0) is 15.1. The van der Waals surface area contributed by atoms with Crippen LogP contribution in [0.5, 0.6) is 5.75 Å². The van der Waals surface area contributed by atoms with Crippen LogP contribution in [0.3, 0.4) is 0 Å². The summed E-state index contributed by atoms with van der Waals surface area (Å²) < 4.78 is 6.23. The normalized spacial score (nSPS) is 11.6. The van der Waals surface area contributed by atoms with Gasteiger partial charge in [0.05, 0.1) is 0 Å². The molecule has 0 aliphatic carbocycles. The maximum absolute atomic E-state index is 6.23. The van der Waals surface area contributed by atoms with Crippen LogP contribution in [0.4, 0.5) is 0 Å². The van der Waals surface area contributed by atoms with Crippen LogP contribution in [0.1, 0.15) is 24.3 Å². The van der Waals surface area contributed by atoms with Crippen LogP contribution in [-0.2, 0) is 0 Å². The van der Waals surface area contributed by atoms with E-state index in [1.54, 1.807) is 11.3 Å². The van der Waals surface area contributed by atoms with Gasteiger partial charge in [0.25, 0.3) is 0 Å². The summed E-state index contributed by atoms with van der Waals surface area (Å²) in [6.07, 6.45) is 1.12. The molecule has 1 unspecified atom stereocenters. The fourth-order valence-corrected chi connectivity index (χ4v) is 3.11. The SMILES string of the molecule is CCC(Oc1cccc2ccccc12)c1cccs1.CN. The Labute approximate surface area is 130 Å². The zero-order valence-corrected chi connectivity index (χ0v) is 13.3. The van der Waals surface area contributed by atoms with Gasteiger partial charge in [-0.2, -0.15) is 0 Å². The predicted octanol–water partition coefficient (Wildman–Crippen LogP) is 5.01. The second-order valence-corrected chi connectivity index (χ2v) is 5.49. The van der Waals surface area contributed by atoms with Crippen LogP contribution in [0.2, 0.25) is 0 Å². The summed E-state index contributed by atoms with van der Waals surface area (Å²) in [6.45, 7) is 2.16. The van der Waals surface area contributed by atoms with E-state index < -0.39 is 0 Å². The zero-order valence-electron chi connectivity index (χ0n) is 12.5. The standard InChI is InChI=1S/C17H16OS.CH5N/c1-2-15(17-11-6-12-19-17)18-16-10-5-8-13-7-3-4-9-14(13)16;1-2/h3-12,15H,2H2,1H3;2H2,1H3. The van der Waals surface area contributed by atoms with E-state index in [1.165, 1.54) is 22.7 Å². The van der Waals surface area contributed by atoms with Gasteiger partial charge in [-0.3, -0.25) is 0 Å². The Morgan fingerprint density at radius 3 is 2.48 bits per heavy atom. The Hall–Kier alpha value is -1.84. The Morgan fingerprint density at radius 1 is 1.00 bits per heavy atom. The van der Waals surface area contributed by atoms with Gasteiger partial charge >= 0.3 is 0 Å². The molecule has 0 spiro atoms. The van der Waals surface area contributed by atoms with E-state index >= 15 is 0 Å². The van der Waals surface area contributed by atoms with Crippen molar-refractivity contribution in [2.45, 2.75) is 19.4 Å². The maximum Gasteiger partial charge on any atom is 0.133 e. The van der Waals surface area contributed by atoms with E-state index in [4.69, 9.17) is 4.74 Å². The highest BCUT2D eigenvalue weighted by atomic mass is 32.1. The number of fused-ring (bicyclic) bond motifs is 1. The first-order valence-corrected chi connectivity index (χ1v) is 8.02. The summed E-state index contributed by atoms with van der Waals surface area (Å²) in [6, 6.07) is 18.8. The molecule has 0 saturated heterocycles. The molecule has 3 heteroatoms. The minimum absolute atomic E-state index is 0.144. The van der Waals surface area contributed by atoms with Crippen molar-refractivity contribution in [3.63, 3.8) is 0 Å². The molecule has 110 valence electrons. The second kappa shape index (κ2) is 7.81. The summed E-state index contributed by atoms with van der Waals surface area (Å²) in [5, 5.41) is 4.51. The number of thiophene rings is 1. The molecule has 1 heterocycles. The molecule has 21 heavy (non-hydrogen) atoms. The van der Waals surface area contributed by atoms with Crippen molar-refractivity contribution in [1.82, 2.24) is 0 Å². The molecule has 2 N–H and O–H groups in total.